The van der Waals surface area contributed by atoms with Gasteiger partial charge in [0.05, 0.1) is 11.5 Å². The number of nitro groups is 1. The monoisotopic (exact) mass is 313 g/mol. The summed E-state index contributed by atoms with van der Waals surface area (Å²) in [5.74, 6) is 0.555. The first-order valence-corrected chi connectivity index (χ1v) is 8.63. The van der Waals surface area contributed by atoms with Gasteiger partial charge in [-0.3, -0.25) is 14.3 Å². The van der Waals surface area contributed by atoms with Gasteiger partial charge >= 0.3 is 0 Å². The lowest BCUT2D eigenvalue weighted by Gasteiger charge is -2.04. The van der Waals surface area contributed by atoms with Gasteiger partial charge < -0.3 is 0 Å². The minimum absolute atomic E-state index is 0.0481. The fourth-order valence-electron chi connectivity index (χ4n) is 1.91. The van der Waals surface area contributed by atoms with Gasteiger partial charge in [-0.05, 0) is 24.1 Å². The Kier molecular flexibility index (Phi) is 8.85. The van der Waals surface area contributed by atoms with E-state index >= 15 is 0 Å². The minimum Gasteiger partial charge on any atom is -0.286 e. The number of benzene rings is 1. The molecule has 0 bridgehead atoms. The number of unbranched alkanes of at least 4 members (excludes halogenated alkanes) is 5. The molecule has 1 rings (SSSR count). The SMILES string of the molecule is CCCCCCCCS(=O)OCc1ccc([N+](=O)[O-])cc1. The van der Waals surface area contributed by atoms with E-state index in [1.165, 1.54) is 37.8 Å². The zero-order valence-electron chi connectivity index (χ0n) is 12.5. The van der Waals surface area contributed by atoms with E-state index < -0.39 is 16.0 Å². The van der Waals surface area contributed by atoms with Crippen LogP contribution < -0.4 is 0 Å². The van der Waals surface area contributed by atoms with Crippen LogP contribution in [-0.2, 0) is 21.9 Å². The van der Waals surface area contributed by atoms with Crippen molar-refractivity contribution in [1.82, 2.24) is 0 Å². The fourth-order valence-corrected chi connectivity index (χ4v) is 2.73. The second-order valence-corrected chi connectivity index (χ2v) is 6.21. The number of rotatable bonds is 11. The van der Waals surface area contributed by atoms with Crippen molar-refractivity contribution in [3.05, 3.63) is 39.9 Å². The molecule has 0 aliphatic carbocycles. The van der Waals surface area contributed by atoms with Crippen LogP contribution in [0, 0.1) is 10.1 Å². The molecule has 0 heterocycles. The average molecular weight is 313 g/mol. The zero-order valence-corrected chi connectivity index (χ0v) is 13.3. The Balaban J connectivity index is 2.16. The Morgan fingerprint density at radius 3 is 2.33 bits per heavy atom. The number of hydrogen-bond acceptors (Lipinski definition) is 4. The quantitative estimate of drug-likeness (QED) is 0.350. The number of nitro benzene ring substituents is 1. The molecule has 0 aliphatic rings. The summed E-state index contributed by atoms with van der Waals surface area (Å²) in [6.07, 6.45) is 6.92. The van der Waals surface area contributed by atoms with Crippen molar-refractivity contribution in [2.75, 3.05) is 5.75 Å². The van der Waals surface area contributed by atoms with Crippen LogP contribution in [0.25, 0.3) is 0 Å². The lowest BCUT2D eigenvalue weighted by molar-refractivity contribution is -0.384. The topological polar surface area (TPSA) is 69.4 Å². The standard InChI is InChI=1S/C15H23NO4S/c1-2-3-4-5-6-7-12-21(19)20-13-14-8-10-15(11-9-14)16(17)18/h8-11H,2-7,12-13H2,1H3. The van der Waals surface area contributed by atoms with E-state index in [-0.39, 0.29) is 12.3 Å². The van der Waals surface area contributed by atoms with Crippen LogP contribution >= 0.6 is 0 Å². The second kappa shape index (κ2) is 10.5. The highest BCUT2D eigenvalue weighted by Crippen LogP contribution is 2.13. The summed E-state index contributed by atoms with van der Waals surface area (Å²) < 4.78 is 16.9. The predicted molar refractivity (Wildman–Crippen MR) is 84.3 cm³/mol. The maximum Gasteiger partial charge on any atom is 0.269 e. The Morgan fingerprint density at radius 2 is 1.71 bits per heavy atom. The Morgan fingerprint density at radius 1 is 1.10 bits per heavy atom. The minimum atomic E-state index is -1.28. The Labute approximate surface area is 128 Å². The van der Waals surface area contributed by atoms with Gasteiger partial charge in [-0.25, -0.2) is 4.21 Å². The summed E-state index contributed by atoms with van der Waals surface area (Å²) in [6.45, 7) is 2.40. The molecule has 6 heteroatoms. The predicted octanol–water partition coefficient (Wildman–Crippen LogP) is 4.14. The van der Waals surface area contributed by atoms with E-state index in [9.17, 15) is 14.3 Å². The van der Waals surface area contributed by atoms with Crippen molar-refractivity contribution in [3.63, 3.8) is 0 Å². The summed E-state index contributed by atoms with van der Waals surface area (Å²) in [4.78, 5) is 10.1. The highest BCUT2D eigenvalue weighted by Gasteiger charge is 2.05. The molecule has 0 amide bonds. The molecule has 118 valence electrons. The summed E-state index contributed by atoms with van der Waals surface area (Å²) in [5.41, 5.74) is 0.837. The molecule has 0 saturated carbocycles. The molecule has 0 N–H and O–H groups in total. The second-order valence-electron chi connectivity index (χ2n) is 4.96. The molecule has 0 fully saturated rings. The lowest BCUT2D eigenvalue weighted by Crippen LogP contribution is -2.03. The summed E-state index contributed by atoms with van der Waals surface area (Å²) in [7, 11) is 0. The van der Waals surface area contributed by atoms with Crippen LogP contribution in [0.1, 0.15) is 51.0 Å². The van der Waals surface area contributed by atoms with Crippen LogP contribution in [0.4, 0.5) is 5.69 Å². The number of nitrogens with zero attached hydrogens (tertiary/aromatic N) is 1. The van der Waals surface area contributed by atoms with Crippen LogP contribution in [0.2, 0.25) is 0 Å². The number of non-ortho nitro benzene ring substituents is 1. The lowest BCUT2D eigenvalue weighted by atomic mass is 10.1. The smallest absolute Gasteiger partial charge is 0.269 e. The molecule has 0 spiro atoms. The van der Waals surface area contributed by atoms with Crippen LogP contribution in [0.5, 0.6) is 0 Å². The molecule has 0 aliphatic heterocycles. The molecule has 5 nitrogen and oxygen atoms in total. The van der Waals surface area contributed by atoms with E-state index in [0.717, 1.165) is 18.4 Å². The highest BCUT2D eigenvalue weighted by molar-refractivity contribution is 7.80. The normalized spacial score (nSPS) is 12.2. The maximum absolute atomic E-state index is 11.7. The van der Waals surface area contributed by atoms with Crippen LogP contribution in [0.15, 0.2) is 24.3 Å². The van der Waals surface area contributed by atoms with E-state index in [4.69, 9.17) is 4.18 Å². The summed E-state index contributed by atoms with van der Waals surface area (Å²) in [6, 6.07) is 6.10. The zero-order chi connectivity index (χ0) is 15.5. The van der Waals surface area contributed by atoms with Gasteiger partial charge in [0.25, 0.3) is 5.69 Å². The van der Waals surface area contributed by atoms with Gasteiger partial charge in [0.15, 0.2) is 11.1 Å². The first-order chi connectivity index (χ1) is 10.1. The van der Waals surface area contributed by atoms with Gasteiger partial charge in [0, 0.05) is 17.9 Å². The molecular weight excluding hydrogens is 290 g/mol. The van der Waals surface area contributed by atoms with Crippen LogP contribution in [0.3, 0.4) is 0 Å². The summed E-state index contributed by atoms with van der Waals surface area (Å²) in [5, 5.41) is 10.5. The first-order valence-electron chi connectivity index (χ1n) is 7.38. The van der Waals surface area contributed by atoms with E-state index in [2.05, 4.69) is 6.92 Å². The summed E-state index contributed by atoms with van der Waals surface area (Å²) >= 11 is -1.28. The Bertz CT molecular complexity index is 447. The third-order valence-corrected chi connectivity index (χ3v) is 4.17. The molecule has 21 heavy (non-hydrogen) atoms. The molecule has 0 saturated heterocycles. The third-order valence-electron chi connectivity index (χ3n) is 3.17. The average Bonchev–Trinajstić information content (AvgIpc) is 2.49. The van der Waals surface area contributed by atoms with Crippen molar-refractivity contribution in [1.29, 1.82) is 0 Å². The van der Waals surface area contributed by atoms with E-state index in [1.54, 1.807) is 12.1 Å². The molecule has 1 aromatic carbocycles. The largest absolute Gasteiger partial charge is 0.286 e. The highest BCUT2D eigenvalue weighted by atomic mass is 32.2. The maximum atomic E-state index is 11.7. The van der Waals surface area contributed by atoms with Gasteiger partial charge in [-0.2, -0.15) is 0 Å². The third kappa shape index (κ3) is 7.92. The number of hydrogen-bond donors (Lipinski definition) is 0. The molecule has 1 atom stereocenters. The van der Waals surface area contributed by atoms with E-state index in [0.29, 0.717) is 5.75 Å². The van der Waals surface area contributed by atoms with Gasteiger partial charge in [-0.15, -0.1) is 0 Å². The van der Waals surface area contributed by atoms with Crippen molar-refractivity contribution in [2.24, 2.45) is 0 Å². The Hall–Kier alpha value is -1.27. The molecule has 1 unspecified atom stereocenters. The van der Waals surface area contributed by atoms with Gasteiger partial charge in [0.2, 0.25) is 0 Å². The molecular formula is C15H23NO4S. The van der Waals surface area contributed by atoms with Crippen molar-refractivity contribution < 1.29 is 13.3 Å². The van der Waals surface area contributed by atoms with Crippen molar-refractivity contribution in [3.8, 4) is 0 Å². The molecule has 0 aromatic heterocycles. The van der Waals surface area contributed by atoms with Gasteiger partial charge in [0.1, 0.15) is 0 Å². The molecule has 0 radical (unpaired) electrons. The fraction of sp³-hybridized carbons (Fsp3) is 0.600. The first kappa shape index (κ1) is 17.8. The van der Waals surface area contributed by atoms with Crippen molar-refractivity contribution >= 4 is 16.8 Å². The van der Waals surface area contributed by atoms with Crippen LogP contribution in [-0.4, -0.2) is 14.9 Å². The van der Waals surface area contributed by atoms with Crippen molar-refractivity contribution in [2.45, 2.75) is 52.1 Å². The van der Waals surface area contributed by atoms with E-state index in [1.807, 2.05) is 0 Å². The molecule has 1 aromatic rings. The van der Waals surface area contributed by atoms with Gasteiger partial charge in [-0.1, -0.05) is 39.0 Å².